The predicted molar refractivity (Wildman–Crippen MR) is 113 cm³/mol. The molecule has 0 spiro atoms. The monoisotopic (exact) mass is 460 g/mol. The topological polar surface area (TPSA) is 83.1 Å². The van der Waals surface area contributed by atoms with E-state index in [0.717, 1.165) is 21.4 Å². The molecule has 1 aromatic heterocycles. The molecule has 0 atom stereocenters. The summed E-state index contributed by atoms with van der Waals surface area (Å²) in [5.41, 5.74) is 1.69. The number of hydrogen-bond acceptors (Lipinski definition) is 6. The highest BCUT2D eigenvalue weighted by Crippen LogP contribution is 2.31. The van der Waals surface area contributed by atoms with E-state index >= 15 is 0 Å². The summed E-state index contributed by atoms with van der Waals surface area (Å²) in [6.07, 6.45) is 1.78. The zero-order valence-electron chi connectivity index (χ0n) is 15.0. The van der Waals surface area contributed by atoms with Crippen LogP contribution < -0.4 is 4.74 Å². The van der Waals surface area contributed by atoms with Crippen molar-refractivity contribution >= 4 is 33.4 Å². The highest BCUT2D eigenvalue weighted by atomic mass is 79.9. The molecule has 0 saturated heterocycles. The van der Waals surface area contributed by atoms with Crippen LogP contribution in [0.2, 0.25) is 0 Å². The van der Waals surface area contributed by atoms with E-state index in [1.807, 2.05) is 34.9 Å². The normalized spacial score (nSPS) is 10.6. The van der Waals surface area contributed by atoms with Gasteiger partial charge in [-0.25, -0.2) is 0 Å². The molecule has 0 aliphatic carbocycles. The Labute approximate surface area is 174 Å². The number of thioether (sulfide) groups is 1. The zero-order chi connectivity index (χ0) is 20.1. The van der Waals surface area contributed by atoms with Gasteiger partial charge in [-0.15, -0.1) is 16.8 Å². The number of aromatic nitrogens is 3. The van der Waals surface area contributed by atoms with Gasteiger partial charge in [0.05, 0.1) is 12.0 Å². The number of nitrogens with zero attached hydrogens (tertiary/aromatic N) is 4. The Kier molecular flexibility index (Phi) is 6.48. The summed E-state index contributed by atoms with van der Waals surface area (Å²) in [6, 6.07) is 12.8. The fourth-order valence-electron chi connectivity index (χ4n) is 2.65. The minimum Gasteiger partial charge on any atom is -0.490 e. The van der Waals surface area contributed by atoms with Gasteiger partial charge in [-0.05, 0) is 23.8 Å². The maximum absolute atomic E-state index is 11.2. The second kappa shape index (κ2) is 9.03. The number of hydrogen-bond donors (Lipinski definition) is 0. The molecule has 0 radical (unpaired) electrons. The van der Waals surface area contributed by atoms with Gasteiger partial charge < -0.3 is 4.74 Å². The van der Waals surface area contributed by atoms with Crippen molar-refractivity contribution in [2.45, 2.75) is 17.5 Å². The third kappa shape index (κ3) is 4.42. The van der Waals surface area contributed by atoms with Crippen molar-refractivity contribution in [3.63, 3.8) is 0 Å². The molecule has 28 heavy (non-hydrogen) atoms. The average molecular weight is 461 g/mol. The van der Waals surface area contributed by atoms with Crippen LogP contribution in [-0.4, -0.2) is 26.8 Å². The first kappa shape index (κ1) is 20.1. The van der Waals surface area contributed by atoms with E-state index in [9.17, 15) is 10.1 Å². The summed E-state index contributed by atoms with van der Waals surface area (Å²) < 4.78 is 7.97. The van der Waals surface area contributed by atoms with Crippen LogP contribution in [0.15, 0.2) is 64.7 Å². The SMILES string of the molecule is C=CCn1c(SCc2ccc(OC)c([N+](=O)[O-])c2)nnc1-c1cccc(Br)c1. The Morgan fingerprint density at radius 2 is 2.14 bits per heavy atom. The molecule has 0 aliphatic rings. The average Bonchev–Trinajstić information content (AvgIpc) is 3.09. The van der Waals surface area contributed by atoms with Crippen molar-refractivity contribution in [3.8, 4) is 17.1 Å². The summed E-state index contributed by atoms with van der Waals surface area (Å²) in [5, 5.41) is 20.6. The van der Waals surface area contributed by atoms with Gasteiger partial charge in [0.25, 0.3) is 0 Å². The number of nitro benzene ring substituents is 1. The Morgan fingerprint density at radius 1 is 1.32 bits per heavy atom. The van der Waals surface area contributed by atoms with Crippen molar-refractivity contribution in [2.24, 2.45) is 0 Å². The van der Waals surface area contributed by atoms with Crippen LogP contribution in [0.3, 0.4) is 0 Å². The molecule has 2 aromatic carbocycles. The highest BCUT2D eigenvalue weighted by molar-refractivity contribution is 9.10. The van der Waals surface area contributed by atoms with Crippen molar-refractivity contribution in [1.29, 1.82) is 0 Å². The number of ether oxygens (including phenoxy) is 1. The fourth-order valence-corrected chi connectivity index (χ4v) is 3.94. The highest BCUT2D eigenvalue weighted by Gasteiger charge is 2.17. The molecule has 3 rings (SSSR count). The van der Waals surface area contributed by atoms with Gasteiger partial charge in [0, 0.05) is 28.4 Å². The number of nitro groups is 1. The van der Waals surface area contributed by atoms with E-state index < -0.39 is 4.92 Å². The molecule has 3 aromatic rings. The summed E-state index contributed by atoms with van der Waals surface area (Å²) in [5.74, 6) is 1.49. The lowest BCUT2D eigenvalue weighted by Gasteiger charge is -2.08. The Bertz CT molecular complexity index is 1020. The predicted octanol–water partition coefficient (Wildman–Crippen LogP) is 5.10. The Hall–Kier alpha value is -2.65. The molecular formula is C19H17BrN4O3S. The maximum atomic E-state index is 11.2. The Morgan fingerprint density at radius 3 is 2.82 bits per heavy atom. The van der Waals surface area contributed by atoms with Gasteiger partial charge in [0.15, 0.2) is 16.7 Å². The van der Waals surface area contributed by atoms with Crippen LogP contribution in [0.4, 0.5) is 5.69 Å². The standard InChI is InChI=1S/C19H17BrN4O3S/c1-3-9-23-18(14-5-4-6-15(20)11-14)21-22-19(23)28-12-13-7-8-17(27-2)16(10-13)24(25)26/h3-8,10-11H,1,9,12H2,2H3. The second-order valence-corrected chi connectivity index (χ2v) is 7.63. The van der Waals surface area contributed by atoms with Gasteiger partial charge in [0.1, 0.15) is 0 Å². The summed E-state index contributed by atoms with van der Waals surface area (Å²) in [6.45, 7) is 4.37. The lowest BCUT2D eigenvalue weighted by molar-refractivity contribution is -0.385. The quantitative estimate of drug-likeness (QED) is 0.201. The molecule has 144 valence electrons. The van der Waals surface area contributed by atoms with E-state index in [1.165, 1.54) is 24.9 Å². The van der Waals surface area contributed by atoms with E-state index in [4.69, 9.17) is 4.74 Å². The summed E-state index contributed by atoms with van der Waals surface area (Å²) in [7, 11) is 1.41. The van der Waals surface area contributed by atoms with Crippen LogP contribution in [0, 0.1) is 10.1 Å². The van der Waals surface area contributed by atoms with E-state index in [-0.39, 0.29) is 11.4 Å². The molecule has 9 heteroatoms. The number of methoxy groups -OCH3 is 1. The van der Waals surface area contributed by atoms with Gasteiger partial charge in [0.2, 0.25) is 0 Å². The smallest absolute Gasteiger partial charge is 0.311 e. The molecule has 0 aliphatic heterocycles. The van der Waals surface area contributed by atoms with Gasteiger partial charge >= 0.3 is 5.69 Å². The lowest BCUT2D eigenvalue weighted by atomic mass is 10.2. The fraction of sp³-hybridized carbons (Fsp3) is 0.158. The molecular weight excluding hydrogens is 444 g/mol. The molecule has 0 unspecified atom stereocenters. The molecule has 1 heterocycles. The molecule has 0 amide bonds. The van der Waals surface area contributed by atoms with Crippen molar-refractivity contribution in [3.05, 3.63) is 75.3 Å². The van der Waals surface area contributed by atoms with Gasteiger partial charge in [-0.2, -0.15) is 0 Å². The first-order chi connectivity index (χ1) is 13.5. The summed E-state index contributed by atoms with van der Waals surface area (Å²) in [4.78, 5) is 10.8. The van der Waals surface area contributed by atoms with Crippen LogP contribution >= 0.6 is 27.7 Å². The largest absolute Gasteiger partial charge is 0.490 e. The minimum atomic E-state index is -0.446. The second-order valence-electron chi connectivity index (χ2n) is 5.77. The van der Waals surface area contributed by atoms with Crippen LogP contribution in [0.25, 0.3) is 11.4 Å². The third-order valence-electron chi connectivity index (χ3n) is 3.92. The van der Waals surface area contributed by atoms with E-state index in [0.29, 0.717) is 17.5 Å². The summed E-state index contributed by atoms with van der Waals surface area (Å²) >= 11 is 4.93. The van der Waals surface area contributed by atoms with Crippen molar-refractivity contribution in [2.75, 3.05) is 7.11 Å². The molecule has 0 fully saturated rings. The van der Waals surface area contributed by atoms with Crippen molar-refractivity contribution < 1.29 is 9.66 Å². The number of halogens is 1. The van der Waals surface area contributed by atoms with Crippen LogP contribution in [0.1, 0.15) is 5.56 Å². The number of benzene rings is 2. The first-order valence-corrected chi connectivity index (χ1v) is 10.1. The molecule has 0 bridgehead atoms. The third-order valence-corrected chi connectivity index (χ3v) is 5.45. The lowest BCUT2D eigenvalue weighted by Crippen LogP contribution is -2.01. The van der Waals surface area contributed by atoms with Crippen LogP contribution in [-0.2, 0) is 12.3 Å². The Balaban J connectivity index is 1.86. The molecule has 0 N–H and O–H groups in total. The number of allylic oxidation sites excluding steroid dienone is 1. The van der Waals surface area contributed by atoms with Crippen molar-refractivity contribution in [1.82, 2.24) is 14.8 Å². The molecule has 0 saturated carbocycles. The number of rotatable bonds is 8. The first-order valence-electron chi connectivity index (χ1n) is 8.27. The van der Waals surface area contributed by atoms with Gasteiger partial charge in [-0.1, -0.05) is 52.0 Å². The van der Waals surface area contributed by atoms with E-state index in [1.54, 1.807) is 12.1 Å². The molecule has 7 nitrogen and oxygen atoms in total. The van der Waals surface area contributed by atoms with Gasteiger partial charge in [-0.3, -0.25) is 14.7 Å². The van der Waals surface area contributed by atoms with E-state index in [2.05, 4.69) is 32.7 Å². The maximum Gasteiger partial charge on any atom is 0.311 e. The van der Waals surface area contributed by atoms with Crippen LogP contribution in [0.5, 0.6) is 5.75 Å². The zero-order valence-corrected chi connectivity index (χ0v) is 17.4. The minimum absolute atomic E-state index is 0.0528.